The normalized spacial score (nSPS) is 20.8. The van der Waals surface area contributed by atoms with Gasteiger partial charge in [0, 0.05) is 51.6 Å². The molecule has 10 nitrogen and oxygen atoms in total. The van der Waals surface area contributed by atoms with Crippen molar-refractivity contribution < 1.29 is 29.6 Å². The third-order valence-electron chi connectivity index (χ3n) is 8.26. The van der Waals surface area contributed by atoms with E-state index in [1.807, 2.05) is 32.9 Å². The Kier molecular flexibility index (Phi) is 7.58. The number of fused-ring (bicyclic) bond motifs is 6. The molecule has 2 aromatic rings. The fraction of sp³-hybridized carbons (Fsp3) is 0.273. The second-order valence-electron chi connectivity index (χ2n) is 10.8. The highest BCUT2D eigenvalue weighted by molar-refractivity contribution is 6.24. The van der Waals surface area contributed by atoms with Gasteiger partial charge in [-0.2, -0.15) is 0 Å². The van der Waals surface area contributed by atoms with Gasteiger partial charge in [-0.1, -0.05) is 25.3 Å². The number of hydrogen-bond acceptors (Lipinski definition) is 6. The highest BCUT2D eigenvalue weighted by Crippen LogP contribution is 2.37. The van der Waals surface area contributed by atoms with Crippen molar-refractivity contribution in [3.8, 4) is 0 Å². The maximum absolute atomic E-state index is 11.7. The van der Waals surface area contributed by atoms with Gasteiger partial charge in [0.15, 0.2) is 0 Å². The number of rotatable bonds is 8. The van der Waals surface area contributed by atoms with E-state index >= 15 is 0 Å². The molecule has 43 heavy (non-hydrogen) atoms. The quantitative estimate of drug-likeness (QED) is 0.320. The molecule has 0 aliphatic carbocycles. The number of aliphatic carboxylic acids is 2. The molecule has 1 atom stereocenters. The van der Waals surface area contributed by atoms with E-state index < -0.39 is 17.8 Å². The third kappa shape index (κ3) is 5.25. The zero-order valence-electron chi connectivity index (χ0n) is 24.6. The molecule has 0 amide bonds. The highest BCUT2D eigenvalue weighted by atomic mass is 16.6. The number of carboxylic acids is 2. The van der Waals surface area contributed by atoms with E-state index in [4.69, 9.17) is 9.73 Å². The molecule has 5 N–H and O–H groups in total. The van der Waals surface area contributed by atoms with Crippen molar-refractivity contribution in [3.63, 3.8) is 0 Å². The molecule has 222 valence electrons. The summed E-state index contributed by atoms with van der Waals surface area (Å²) in [6.45, 7) is 15.2. The lowest BCUT2D eigenvalue weighted by Crippen LogP contribution is -2.33. The largest absolute Gasteiger partial charge is 0.481 e. The number of aromatic amines is 2. The molecule has 0 fully saturated rings. The maximum Gasteiger partial charge on any atom is 0.336 e. The van der Waals surface area contributed by atoms with Crippen LogP contribution >= 0.6 is 0 Å². The molecule has 8 bridgehead atoms. The van der Waals surface area contributed by atoms with Crippen LogP contribution in [0.25, 0.3) is 18.2 Å². The van der Waals surface area contributed by atoms with Gasteiger partial charge in [0.1, 0.15) is 0 Å². The predicted molar refractivity (Wildman–Crippen MR) is 165 cm³/mol. The monoisotopic (exact) mass is 582 g/mol. The number of hydrogen-bond donors (Lipinski definition) is 5. The number of aliphatic imine (C=N–C) groups is 2. The number of nitrogens with zero attached hydrogens (tertiary/aromatic N) is 2. The molecular weight excluding hydrogens is 548 g/mol. The zero-order valence-corrected chi connectivity index (χ0v) is 24.6. The Morgan fingerprint density at radius 1 is 0.884 bits per heavy atom. The Morgan fingerprint density at radius 2 is 1.53 bits per heavy atom. The van der Waals surface area contributed by atoms with Crippen LogP contribution < -0.4 is 10.7 Å². The van der Waals surface area contributed by atoms with E-state index in [-0.39, 0.29) is 31.6 Å². The number of allylic oxidation sites excluding steroid dienone is 3. The van der Waals surface area contributed by atoms with Crippen LogP contribution in [0.1, 0.15) is 60.3 Å². The predicted octanol–water partition coefficient (Wildman–Crippen LogP) is 3.49. The van der Waals surface area contributed by atoms with Crippen molar-refractivity contribution >= 4 is 41.8 Å². The van der Waals surface area contributed by atoms with Crippen molar-refractivity contribution in [2.75, 3.05) is 0 Å². The summed E-state index contributed by atoms with van der Waals surface area (Å²) < 4.78 is 6.12. The number of nitrogens with one attached hydrogen (secondary N) is 2. The van der Waals surface area contributed by atoms with Crippen LogP contribution in [0.3, 0.4) is 0 Å². The molecule has 0 saturated heterocycles. The maximum atomic E-state index is 11.7. The Labute approximate surface area is 248 Å². The average Bonchev–Trinajstić information content (AvgIpc) is 3.57. The van der Waals surface area contributed by atoms with Gasteiger partial charge in [-0.15, -0.1) is 0 Å². The summed E-state index contributed by atoms with van der Waals surface area (Å²) >= 11 is 0. The van der Waals surface area contributed by atoms with Crippen LogP contribution in [0.2, 0.25) is 0 Å². The first kappa shape index (κ1) is 29.5. The average molecular weight is 583 g/mol. The third-order valence-corrected chi connectivity index (χ3v) is 8.26. The van der Waals surface area contributed by atoms with Gasteiger partial charge in [-0.25, -0.2) is 9.98 Å². The SMILES string of the molecule is C=CC1=C(C)C2=Cc3[nH]c(c(CCC(=O)O)c3C)/C=c3\[nH]/c(c(C)c3CCC(=O)O)=C\C3=NC(O)(OC1=N2)C(C)=C3C=C. The number of carboxylic acid groups (broad SMARTS) is 2. The van der Waals surface area contributed by atoms with E-state index in [2.05, 4.69) is 28.1 Å². The highest BCUT2D eigenvalue weighted by Gasteiger charge is 2.41. The standard InChI is InChI=1S/C33H34N4O6/c1-7-20-16(3)26-13-24-17(4)22(9-11-30(38)39)27(34-24)15-28-23(10-12-31(40)41)18(5)25(35-28)14-29-21(8-2)19(6)33(42,37-29)43-32(20)36-26/h7-8,13-15,34-35,42H,1-2,9-12H2,3-6H3,(H,38,39)(H,40,41)/b25-14-,26-13?,28-15-. The summed E-state index contributed by atoms with van der Waals surface area (Å²) in [4.78, 5) is 39.2. The van der Waals surface area contributed by atoms with Crippen LogP contribution in [-0.4, -0.2) is 54.7 Å². The van der Waals surface area contributed by atoms with Crippen molar-refractivity contribution in [3.05, 3.63) is 97.6 Å². The lowest BCUT2D eigenvalue weighted by molar-refractivity contribution is -0.138. The molecule has 3 aliphatic heterocycles. The molecule has 3 aliphatic rings. The Hall–Kier alpha value is -4.96. The van der Waals surface area contributed by atoms with Gasteiger partial charge in [0.25, 0.3) is 0 Å². The van der Waals surface area contributed by atoms with Gasteiger partial charge in [0.05, 0.1) is 11.4 Å². The van der Waals surface area contributed by atoms with Gasteiger partial charge in [-0.3, -0.25) is 9.59 Å². The van der Waals surface area contributed by atoms with Gasteiger partial charge < -0.3 is 30.0 Å². The molecule has 10 heteroatoms. The molecule has 5 rings (SSSR count). The minimum atomic E-state index is -2.05. The lowest BCUT2D eigenvalue weighted by Gasteiger charge is -2.23. The summed E-state index contributed by atoms with van der Waals surface area (Å²) in [6, 6.07) is 0. The number of H-pyrrole nitrogens is 2. The Balaban J connectivity index is 1.86. The van der Waals surface area contributed by atoms with Crippen LogP contribution in [0.15, 0.2) is 63.3 Å². The van der Waals surface area contributed by atoms with Crippen molar-refractivity contribution in [1.82, 2.24) is 9.97 Å². The minimum absolute atomic E-state index is 0.0612. The zero-order chi connectivity index (χ0) is 31.2. The Bertz CT molecular complexity index is 1890. The summed E-state index contributed by atoms with van der Waals surface area (Å²) in [7, 11) is 0. The number of carbonyl (C=O) groups is 2. The van der Waals surface area contributed by atoms with Crippen molar-refractivity contribution in [2.24, 2.45) is 9.98 Å². The smallest absolute Gasteiger partial charge is 0.336 e. The molecule has 2 aromatic heterocycles. The fourth-order valence-corrected chi connectivity index (χ4v) is 5.71. The lowest BCUT2D eigenvalue weighted by atomic mass is 10.0. The molecular formula is C33H34N4O6. The van der Waals surface area contributed by atoms with Gasteiger partial charge >= 0.3 is 17.8 Å². The van der Waals surface area contributed by atoms with E-state index in [1.54, 1.807) is 25.2 Å². The second-order valence-corrected chi connectivity index (χ2v) is 10.8. The molecule has 0 radical (unpaired) electrons. The summed E-state index contributed by atoms with van der Waals surface area (Å²) in [5.74, 6) is -3.71. The molecule has 0 saturated carbocycles. The molecule has 1 unspecified atom stereocenters. The van der Waals surface area contributed by atoms with Gasteiger partial charge in [0.2, 0.25) is 5.90 Å². The topological polar surface area (TPSA) is 160 Å². The van der Waals surface area contributed by atoms with Crippen LogP contribution in [-0.2, 0) is 27.2 Å². The van der Waals surface area contributed by atoms with Crippen LogP contribution in [0, 0.1) is 13.8 Å². The van der Waals surface area contributed by atoms with Crippen LogP contribution in [0.4, 0.5) is 0 Å². The fourth-order valence-electron chi connectivity index (χ4n) is 5.71. The minimum Gasteiger partial charge on any atom is -0.481 e. The molecule has 0 aromatic carbocycles. The van der Waals surface area contributed by atoms with Crippen LogP contribution in [0.5, 0.6) is 0 Å². The Morgan fingerprint density at radius 3 is 2.16 bits per heavy atom. The molecule has 0 spiro atoms. The van der Waals surface area contributed by atoms with Gasteiger partial charge in [-0.05, 0) is 86.6 Å². The number of ether oxygens (including phenoxy) is 1. The van der Waals surface area contributed by atoms with E-state index in [0.29, 0.717) is 44.5 Å². The first-order valence-electron chi connectivity index (χ1n) is 13.9. The second kappa shape index (κ2) is 11.0. The first-order chi connectivity index (χ1) is 20.4. The molecule has 5 heterocycles. The first-order valence-corrected chi connectivity index (χ1v) is 13.9. The van der Waals surface area contributed by atoms with E-state index in [1.165, 1.54) is 0 Å². The number of aliphatic hydroxyl groups is 1. The van der Waals surface area contributed by atoms with E-state index in [9.17, 15) is 24.9 Å². The summed E-state index contributed by atoms with van der Waals surface area (Å²) in [5.41, 5.74) is 8.20. The van der Waals surface area contributed by atoms with Crippen molar-refractivity contribution in [1.29, 1.82) is 0 Å². The van der Waals surface area contributed by atoms with Crippen molar-refractivity contribution in [2.45, 2.75) is 59.3 Å². The summed E-state index contributed by atoms with van der Waals surface area (Å²) in [5, 5.41) is 31.9. The summed E-state index contributed by atoms with van der Waals surface area (Å²) in [6.07, 6.45) is 9.17. The van der Waals surface area contributed by atoms with E-state index in [0.717, 1.165) is 33.5 Å². The number of aromatic nitrogens is 2.